The van der Waals surface area contributed by atoms with E-state index in [1.54, 1.807) is 0 Å². The molecule has 0 spiro atoms. The summed E-state index contributed by atoms with van der Waals surface area (Å²) in [6.07, 6.45) is 0.621. The van der Waals surface area contributed by atoms with E-state index in [0.29, 0.717) is 18.2 Å². The fraction of sp³-hybridized carbons (Fsp3) is 0.600. The number of aryl methyl sites for hydroxylation is 1. The molecule has 0 radical (unpaired) electrons. The molecule has 0 aromatic carbocycles. The van der Waals surface area contributed by atoms with Crippen molar-refractivity contribution in [2.45, 2.75) is 25.9 Å². The molecule has 0 saturated carbocycles. The summed E-state index contributed by atoms with van der Waals surface area (Å²) in [6.45, 7) is 2.15. The molecule has 1 unspecified atom stereocenters. The van der Waals surface area contributed by atoms with Crippen LogP contribution >= 0.6 is 0 Å². The molecule has 1 aliphatic rings. The van der Waals surface area contributed by atoms with Crippen LogP contribution in [-0.2, 0) is 22.6 Å². The van der Waals surface area contributed by atoms with Gasteiger partial charge >= 0.3 is 5.97 Å². The van der Waals surface area contributed by atoms with Crippen LogP contribution in [0.4, 0.5) is 0 Å². The number of carbonyl (C=O) groups is 2. The molecule has 1 aliphatic heterocycles. The van der Waals surface area contributed by atoms with Crippen LogP contribution < -0.4 is 5.32 Å². The predicted octanol–water partition coefficient (Wildman–Crippen LogP) is -0.983. The van der Waals surface area contributed by atoms with Gasteiger partial charge in [0.05, 0.1) is 13.1 Å². The highest BCUT2D eigenvalue weighted by molar-refractivity contribution is 5.83. The van der Waals surface area contributed by atoms with Gasteiger partial charge < -0.3 is 14.8 Å². The quantitative estimate of drug-likeness (QED) is 0.710. The maximum absolute atomic E-state index is 11.3. The maximum atomic E-state index is 11.3. The van der Waals surface area contributed by atoms with E-state index in [1.165, 1.54) is 4.90 Å². The van der Waals surface area contributed by atoms with Crippen molar-refractivity contribution in [2.24, 2.45) is 0 Å². The smallest absolute Gasteiger partial charge is 0.322 e. The van der Waals surface area contributed by atoms with Gasteiger partial charge in [-0.3, -0.25) is 14.5 Å². The molecule has 2 N–H and O–H groups in total. The number of carboxylic acid groups (broad SMARTS) is 1. The highest BCUT2D eigenvalue weighted by Crippen LogP contribution is 2.10. The minimum atomic E-state index is -0.981. The first-order chi connectivity index (χ1) is 8.60. The summed E-state index contributed by atoms with van der Waals surface area (Å²) in [7, 11) is 0. The van der Waals surface area contributed by atoms with Crippen molar-refractivity contribution in [1.29, 1.82) is 0 Å². The van der Waals surface area contributed by atoms with Crippen LogP contribution in [0.1, 0.15) is 18.7 Å². The number of aromatic nitrogens is 2. The molecule has 1 fully saturated rings. The Bertz CT molecular complexity index is 458. The lowest BCUT2D eigenvalue weighted by Crippen LogP contribution is -2.56. The highest BCUT2D eigenvalue weighted by Gasteiger charge is 2.32. The van der Waals surface area contributed by atoms with E-state index in [0.717, 1.165) is 0 Å². The van der Waals surface area contributed by atoms with Crippen LogP contribution in [0.2, 0.25) is 0 Å². The highest BCUT2D eigenvalue weighted by atomic mass is 16.4. The molecule has 18 heavy (non-hydrogen) atoms. The molecule has 2 rings (SSSR count). The fourth-order valence-corrected chi connectivity index (χ4v) is 1.77. The number of hydrogen-bond acceptors (Lipinski definition) is 6. The number of rotatable bonds is 4. The first kappa shape index (κ1) is 12.5. The lowest BCUT2D eigenvalue weighted by molar-refractivity contribution is -0.146. The molecule has 1 aromatic heterocycles. The molecule has 98 valence electrons. The summed E-state index contributed by atoms with van der Waals surface area (Å²) in [6, 6.07) is -0.764. The van der Waals surface area contributed by atoms with Gasteiger partial charge in [-0.2, -0.15) is 0 Å². The lowest BCUT2D eigenvalue weighted by atomic mass is 10.2. The van der Waals surface area contributed by atoms with E-state index in [9.17, 15) is 9.59 Å². The van der Waals surface area contributed by atoms with Crippen LogP contribution in [0.15, 0.2) is 4.42 Å². The Labute approximate surface area is 103 Å². The van der Waals surface area contributed by atoms with Crippen molar-refractivity contribution in [3.05, 3.63) is 11.8 Å². The number of piperazine rings is 1. The Hall–Kier alpha value is -1.96. The van der Waals surface area contributed by atoms with Gasteiger partial charge in [-0.15, -0.1) is 10.2 Å². The molecule has 1 saturated heterocycles. The Morgan fingerprint density at radius 2 is 2.28 bits per heavy atom. The molecule has 8 nitrogen and oxygen atoms in total. The Morgan fingerprint density at radius 3 is 2.89 bits per heavy atom. The average Bonchev–Trinajstić information content (AvgIpc) is 2.76. The second kappa shape index (κ2) is 5.13. The first-order valence-corrected chi connectivity index (χ1v) is 5.65. The molecule has 1 aromatic rings. The molecule has 8 heteroatoms. The minimum Gasteiger partial charge on any atom is -0.480 e. The van der Waals surface area contributed by atoms with Gasteiger partial charge in [-0.25, -0.2) is 0 Å². The maximum Gasteiger partial charge on any atom is 0.322 e. The van der Waals surface area contributed by atoms with Crippen LogP contribution in [0.25, 0.3) is 0 Å². The van der Waals surface area contributed by atoms with E-state index < -0.39 is 12.0 Å². The van der Waals surface area contributed by atoms with Gasteiger partial charge in [0, 0.05) is 13.0 Å². The van der Waals surface area contributed by atoms with Crippen molar-refractivity contribution in [1.82, 2.24) is 20.4 Å². The van der Waals surface area contributed by atoms with Crippen molar-refractivity contribution >= 4 is 11.9 Å². The summed E-state index contributed by atoms with van der Waals surface area (Å²) < 4.78 is 5.31. The zero-order valence-corrected chi connectivity index (χ0v) is 9.92. The Kier molecular flexibility index (Phi) is 3.56. The van der Waals surface area contributed by atoms with E-state index in [-0.39, 0.29) is 25.5 Å². The van der Waals surface area contributed by atoms with Crippen LogP contribution in [0, 0.1) is 0 Å². The third-order valence-electron chi connectivity index (χ3n) is 2.71. The Morgan fingerprint density at radius 1 is 1.56 bits per heavy atom. The zero-order valence-electron chi connectivity index (χ0n) is 9.92. The lowest BCUT2D eigenvalue weighted by Gasteiger charge is -2.31. The second-order valence-corrected chi connectivity index (χ2v) is 4.01. The van der Waals surface area contributed by atoms with Gasteiger partial charge in [-0.1, -0.05) is 6.92 Å². The summed E-state index contributed by atoms with van der Waals surface area (Å²) in [4.78, 5) is 23.9. The fourth-order valence-electron chi connectivity index (χ4n) is 1.77. The molecular formula is C10H14N4O4. The number of aliphatic carboxylic acids is 1. The van der Waals surface area contributed by atoms with E-state index >= 15 is 0 Å². The standard InChI is InChI=1S/C10H14N4O4/c1-2-8-12-13-9(18-8)5-14-4-7(15)11-3-6(14)10(16)17/h6H,2-5H2,1H3,(H,11,15)(H,16,17). The summed E-state index contributed by atoms with van der Waals surface area (Å²) >= 11 is 0. The van der Waals surface area contributed by atoms with Crippen molar-refractivity contribution < 1.29 is 19.1 Å². The van der Waals surface area contributed by atoms with E-state index in [4.69, 9.17) is 9.52 Å². The van der Waals surface area contributed by atoms with Crippen molar-refractivity contribution in [3.63, 3.8) is 0 Å². The third-order valence-corrected chi connectivity index (χ3v) is 2.71. The van der Waals surface area contributed by atoms with Gasteiger partial charge in [-0.05, 0) is 0 Å². The predicted molar refractivity (Wildman–Crippen MR) is 58.5 cm³/mol. The number of amides is 1. The molecule has 1 atom stereocenters. The Balaban J connectivity index is 2.08. The molecule has 0 bridgehead atoms. The first-order valence-electron chi connectivity index (χ1n) is 5.65. The van der Waals surface area contributed by atoms with Crippen molar-refractivity contribution in [2.75, 3.05) is 13.1 Å². The number of nitrogens with zero attached hydrogens (tertiary/aromatic N) is 3. The molecular weight excluding hydrogens is 240 g/mol. The second-order valence-electron chi connectivity index (χ2n) is 4.01. The molecule has 1 amide bonds. The average molecular weight is 254 g/mol. The van der Waals surface area contributed by atoms with Crippen molar-refractivity contribution in [3.8, 4) is 0 Å². The number of carbonyl (C=O) groups excluding carboxylic acids is 1. The summed E-state index contributed by atoms with van der Waals surface area (Å²) in [5, 5.41) is 19.2. The van der Waals surface area contributed by atoms with Crippen LogP contribution in [-0.4, -0.2) is 51.2 Å². The largest absolute Gasteiger partial charge is 0.480 e. The van der Waals surface area contributed by atoms with Gasteiger partial charge in [0.15, 0.2) is 0 Å². The number of hydrogen-bond donors (Lipinski definition) is 2. The van der Waals surface area contributed by atoms with Gasteiger partial charge in [0.25, 0.3) is 0 Å². The monoisotopic (exact) mass is 254 g/mol. The zero-order chi connectivity index (χ0) is 13.1. The number of nitrogens with one attached hydrogen (secondary N) is 1. The van der Waals surface area contributed by atoms with E-state index in [1.807, 2.05) is 6.92 Å². The van der Waals surface area contributed by atoms with Gasteiger partial charge in [0.1, 0.15) is 6.04 Å². The summed E-state index contributed by atoms with van der Waals surface area (Å²) in [5.41, 5.74) is 0. The molecule has 0 aliphatic carbocycles. The minimum absolute atomic E-state index is 0.0147. The molecule has 2 heterocycles. The van der Waals surface area contributed by atoms with E-state index in [2.05, 4.69) is 15.5 Å². The number of carboxylic acids is 1. The SMILES string of the molecule is CCc1nnc(CN2CC(=O)NCC2C(=O)O)o1. The van der Waals surface area contributed by atoms with Gasteiger partial charge in [0.2, 0.25) is 17.7 Å². The normalized spacial score (nSPS) is 20.7. The third kappa shape index (κ3) is 2.65. The van der Waals surface area contributed by atoms with Crippen LogP contribution in [0.5, 0.6) is 0 Å². The topological polar surface area (TPSA) is 109 Å². The van der Waals surface area contributed by atoms with Crippen LogP contribution in [0.3, 0.4) is 0 Å². The summed E-state index contributed by atoms with van der Waals surface area (Å²) in [5.74, 6) is -0.362.